The van der Waals surface area contributed by atoms with Crippen molar-refractivity contribution in [3.63, 3.8) is 0 Å². The Balaban J connectivity index is 4.00. The Labute approximate surface area is 84.0 Å². The first-order valence-electron chi connectivity index (χ1n) is 3.95. The molecule has 0 aliphatic rings. The molecule has 0 saturated heterocycles. The van der Waals surface area contributed by atoms with Crippen LogP contribution in [-0.4, -0.2) is 37.9 Å². The number of carbonyl (C=O) groups excluding carboxylic acids is 2. The van der Waals surface area contributed by atoms with Crippen molar-refractivity contribution >= 4 is 11.9 Å². The van der Waals surface area contributed by atoms with Crippen LogP contribution in [0.5, 0.6) is 0 Å². The van der Waals surface area contributed by atoms with E-state index in [0.717, 1.165) is 5.32 Å². The van der Waals surface area contributed by atoms with Gasteiger partial charge in [0.05, 0.1) is 12.6 Å². The lowest BCUT2D eigenvalue weighted by Crippen LogP contribution is -2.48. The molecule has 0 fully saturated rings. The summed E-state index contributed by atoms with van der Waals surface area (Å²) < 4.78 is 39.7. The Morgan fingerprint density at radius 3 is 2.33 bits per heavy atom. The Morgan fingerprint density at radius 2 is 1.93 bits per heavy atom. The van der Waals surface area contributed by atoms with Crippen LogP contribution < -0.4 is 10.6 Å². The molecule has 0 aromatic carbocycles. The Morgan fingerprint density at radius 1 is 1.40 bits per heavy atom. The molecule has 8 heteroatoms. The van der Waals surface area contributed by atoms with Gasteiger partial charge in [-0.1, -0.05) is 0 Å². The van der Waals surface area contributed by atoms with Crippen LogP contribution in [0, 0.1) is 0 Å². The maximum Gasteiger partial charge on any atom is 0.471 e. The van der Waals surface area contributed by atoms with E-state index in [1.807, 2.05) is 0 Å². The van der Waals surface area contributed by atoms with Crippen LogP contribution in [0.1, 0.15) is 6.92 Å². The predicted molar refractivity (Wildman–Crippen MR) is 44.1 cm³/mol. The summed E-state index contributed by atoms with van der Waals surface area (Å²) >= 11 is 0. The number of urea groups is 1. The molecule has 0 spiro atoms. The van der Waals surface area contributed by atoms with Gasteiger partial charge in [-0.25, -0.2) is 4.79 Å². The van der Waals surface area contributed by atoms with Crippen LogP contribution in [-0.2, 0) is 9.53 Å². The van der Waals surface area contributed by atoms with Gasteiger partial charge in [-0.15, -0.1) is 0 Å². The highest BCUT2D eigenvalue weighted by Gasteiger charge is 2.39. The number of hydrogen-bond acceptors (Lipinski definition) is 3. The van der Waals surface area contributed by atoms with E-state index in [0.29, 0.717) is 0 Å². The summed E-state index contributed by atoms with van der Waals surface area (Å²) in [5, 5.41) is 3.23. The molecular formula is C7H11F3N2O3. The number of hydrogen-bond donors (Lipinski definition) is 2. The number of ether oxygens (including phenoxy) is 1. The van der Waals surface area contributed by atoms with E-state index in [9.17, 15) is 22.8 Å². The fraction of sp³-hybridized carbons (Fsp3) is 0.714. The molecule has 0 aliphatic carbocycles. The molecule has 2 N–H and O–H groups in total. The van der Waals surface area contributed by atoms with Crippen molar-refractivity contribution in [2.75, 3.05) is 13.7 Å². The second-order valence-electron chi connectivity index (χ2n) is 2.78. The van der Waals surface area contributed by atoms with E-state index in [1.54, 1.807) is 0 Å². The van der Waals surface area contributed by atoms with Crippen molar-refractivity contribution in [2.45, 2.75) is 19.1 Å². The van der Waals surface area contributed by atoms with Gasteiger partial charge in [0.2, 0.25) is 0 Å². The second-order valence-corrected chi connectivity index (χ2v) is 2.78. The average molecular weight is 228 g/mol. The van der Waals surface area contributed by atoms with Gasteiger partial charge >= 0.3 is 18.1 Å². The Bertz CT molecular complexity index is 242. The minimum atomic E-state index is -5.07. The molecule has 0 aromatic heterocycles. The maximum atomic E-state index is 11.7. The molecule has 0 radical (unpaired) electrons. The molecule has 0 unspecified atom stereocenters. The molecule has 0 aromatic rings. The number of alkyl halides is 3. The Hall–Kier alpha value is -1.31. The third-order valence-corrected chi connectivity index (χ3v) is 1.28. The van der Waals surface area contributed by atoms with E-state index in [4.69, 9.17) is 0 Å². The van der Waals surface area contributed by atoms with E-state index in [-0.39, 0.29) is 6.61 Å². The Kier molecular flexibility index (Phi) is 5.06. The first kappa shape index (κ1) is 13.7. The molecule has 15 heavy (non-hydrogen) atoms. The zero-order valence-corrected chi connectivity index (χ0v) is 8.14. The third-order valence-electron chi connectivity index (χ3n) is 1.28. The molecular weight excluding hydrogens is 217 g/mol. The van der Waals surface area contributed by atoms with E-state index >= 15 is 0 Å². The third kappa shape index (κ3) is 5.89. The van der Waals surface area contributed by atoms with Crippen LogP contribution in [0.25, 0.3) is 0 Å². The molecule has 0 heterocycles. The van der Waals surface area contributed by atoms with Crippen LogP contribution in [0.4, 0.5) is 18.0 Å². The molecule has 0 aliphatic heterocycles. The fourth-order valence-electron chi connectivity index (χ4n) is 0.726. The van der Waals surface area contributed by atoms with Gasteiger partial charge in [-0.2, -0.15) is 13.2 Å². The summed E-state index contributed by atoms with van der Waals surface area (Å²) in [6.07, 6.45) is -5.07. The van der Waals surface area contributed by atoms with E-state index in [1.165, 1.54) is 14.0 Å². The normalized spacial score (nSPS) is 13.1. The van der Waals surface area contributed by atoms with Crippen LogP contribution in [0.3, 0.4) is 0 Å². The van der Waals surface area contributed by atoms with Crippen molar-refractivity contribution in [3.05, 3.63) is 0 Å². The second kappa shape index (κ2) is 5.54. The molecule has 0 saturated carbocycles. The summed E-state index contributed by atoms with van der Waals surface area (Å²) in [6, 6.07) is -1.70. The summed E-state index contributed by atoms with van der Waals surface area (Å²) in [4.78, 5) is 21.1. The first-order valence-corrected chi connectivity index (χ1v) is 3.95. The van der Waals surface area contributed by atoms with Crippen molar-refractivity contribution < 1.29 is 27.5 Å². The predicted octanol–water partition coefficient (Wildman–Crippen LogP) is 0.409. The molecule has 0 rings (SSSR count). The smallest absolute Gasteiger partial charge is 0.383 e. The average Bonchev–Trinajstić information content (AvgIpc) is 2.01. The molecule has 88 valence electrons. The highest BCUT2D eigenvalue weighted by molar-refractivity contribution is 5.97. The van der Waals surface area contributed by atoms with Crippen molar-refractivity contribution in [3.8, 4) is 0 Å². The van der Waals surface area contributed by atoms with E-state index < -0.39 is 24.2 Å². The van der Waals surface area contributed by atoms with Crippen molar-refractivity contribution in [1.29, 1.82) is 0 Å². The monoisotopic (exact) mass is 228 g/mol. The number of methoxy groups -OCH3 is 1. The zero-order chi connectivity index (χ0) is 12.1. The standard InChI is InChI=1S/C7H11F3N2O3/c1-4(3-15-2)11-6(14)12-5(13)7(8,9)10/h4H,3H2,1-2H3,(H2,11,12,13,14)/t4-/m1/s1. The number of rotatable bonds is 3. The summed E-state index contributed by atoms with van der Waals surface area (Å²) in [5.41, 5.74) is 0. The molecule has 5 nitrogen and oxygen atoms in total. The lowest BCUT2D eigenvalue weighted by Gasteiger charge is -2.13. The molecule has 1 atom stereocenters. The highest BCUT2D eigenvalue weighted by atomic mass is 19.4. The van der Waals surface area contributed by atoms with Crippen molar-refractivity contribution in [2.24, 2.45) is 0 Å². The largest absolute Gasteiger partial charge is 0.471 e. The minimum Gasteiger partial charge on any atom is -0.383 e. The lowest BCUT2D eigenvalue weighted by atomic mass is 10.4. The van der Waals surface area contributed by atoms with Gasteiger partial charge in [0.1, 0.15) is 0 Å². The number of carbonyl (C=O) groups is 2. The first-order chi connectivity index (χ1) is 6.77. The number of imide groups is 1. The van der Waals surface area contributed by atoms with Gasteiger partial charge < -0.3 is 10.1 Å². The summed E-state index contributed by atoms with van der Waals surface area (Å²) in [5.74, 6) is -2.30. The van der Waals surface area contributed by atoms with Gasteiger partial charge in [-0.05, 0) is 6.92 Å². The van der Waals surface area contributed by atoms with Crippen LogP contribution in [0.2, 0.25) is 0 Å². The quantitative estimate of drug-likeness (QED) is 0.735. The SMILES string of the molecule is COC[C@@H](C)NC(=O)NC(=O)C(F)(F)F. The zero-order valence-electron chi connectivity index (χ0n) is 8.14. The lowest BCUT2D eigenvalue weighted by molar-refractivity contribution is -0.172. The van der Waals surface area contributed by atoms with Crippen LogP contribution in [0.15, 0.2) is 0 Å². The van der Waals surface area contributed by atoms with Crippen molar-refractivity contribution in [1.82, 2.24) is 10.6 Å². The summed E-state index contributed by atoms with van der Waals surface area (Å²) in [6.45, 7) is 1.65. The van der Waals surface area contributed by atoms with Gasteiger partial charge in [-0.3, -0.25) is 10.1 Å². The van der Waals surface area contributed by atoms with E-state index in [2.05, 4.69) is 10.1 Å². The highest BCUT2D eigenvalue weighted by Crippen LogP contribution is 2.13. The summed E-state index contributed by atoms with van der Waals surface area (Å²) in [7, 11) is 1.37. The minimum absolute atomic E-state index is 0.133. The van der Waals surface area contributed by atoms with Gasteiger partial charge in [0, 0.05) is 7.11 Å². The van der Waals surface area contributed by atoms with Gasteiger partial charge in [0.25, 0.3) is 0 Å². The molecule has 0 bridgehead atoms. The topological polar surface area (TPSA) is 67.4 Å². The number of amides is 3. The fourth-order valence-corrected chi connectivity index (χ4v) is 0.726. The van der Waals surface area contributed by atoms with Crippen LogP contribution >= 0.6 is 0 Å². The number of halogens is 3. The molecule has 3 amide bonds. The number of nitrogens with one attached hydrogen (secondary N) is 2. The van der Waals surface area contributed by atoms with Gasteiger partial charge in [0.15, 0.2) is 0 Å². The maximum absolute atomic E-state index is 11.7.